The Morgan fingerprint density at radius 1 is 1.15 bits per heavy atom. The Balaban J connectivity index is 1.68. The van der Waals surface area contributed by atoms with Crippen LogP contribution in [0.25, 0.3) is 0 Å². The molecule has 27 heavy (non-hydrogen) atoms. The molecule has 142 valence electrons. The van der Waals surface area contributed by atoms with Crippen LogP contribution >= 0.6 is 11.6 Å². The number of nitrogens with zero attached hydrogens (tertiary/aromatic N) is 1. The van der Waals surface area contributed by atoms with Crippen molar-refractivity contribution in [3.8, 4) is 5.75 Å². The van der Waals surface area contributed by atoms with Crippen molar-refractivity contribution in [1.82, 2.24) is 0 Å². The monoisotopic (exact) mass is 392 g/mol. The van der Waals surface area contributed by atoms with E-state index in [9.17, 15) is 19.7 Å². The zero-order valence-electron chi connectivity index (χ0n) is 14.2. The van der Waals surface area contributed by atoms with Crippen LogP contribution in [0.4, 0.5) is 11.4 Å². The lowest BCUT2D eigenvalue weighted by Crippen LogP contribution is -2.21. The fourth-order valence-electron chi connectivity index (χ4n) is 2.07. The molecule has 0 heterocycles. The average molecular weight is 393 g/mol. The zero-order valence-corrected chi connectivity index (χ0v) is 15.0. The molecule has 0 fully saturated rings. The number of halogens is 1. The van der Waals surface area contributed by atoms with E-state index in [0.29, 0.717) is 18.8 Å². The molecule has 0 aliphatic heterocycles. The number of hydrogen-bond acceptors (Lipinski definition) is 6. The van der Waals surface area contributed by atoms with Gasteiger partial charge in [0.05, 0.1) is 11.5 Å². The van der Waals surface area contributed by atoms with Crippen LogP contribution in [0, 0.1) is 10.1 Å². The number of nitro benzene ring substituents is 1. The highest BCUT2D eigenvalue weighted by molar-refractivity contribution is 6.32. The quantitative estimate of drug-likeness (QED) is 0.302. The van der Waals surface area contributed by atoms with Crippen LogP contribution in [0.5, 0.6) is 5.75 Å². The Labute approximate surface area is 160 Å². The molecule has 2 rings (SSSR count). The molecule has 8 nitrogen and oxygen atoms in total. The average Bonchev–Trinajstić information content (AvgIpc) is 2.66. The topological polar surface area (TPSA) is 108 Å². The van der Waals surface area contributed by atoms with Crippen molar-refractivity contribution >= 4 is 34.9 Å². The van der Waals surface area contributed by atoms with Crippen LogP contribution in [-0.2, 0) is 14.3 Å². The highest BCUT2D eigenvalue weighted by Gasteiger charge is 2.14. The second-order valence-corrected chi connectivity index (χ2v) is 5.80. The zero-order chi connectivity index (χ0) is 19.6. The van der Waals surface area contributed by atoms with Crippen LogP contribution in [0.3, 0.4) is 0 Å². The Kier molecular flexibility index (Phi) is 7.57. The molecule has 2 aromatic rings. The number of ether oxygens (including phenoxy) is 2. The van der Waals surface area contributed by atoms with Crippen LogP contribution < -0.4 is 10.1 Å². The number of nitro groups is 1. The van der Waals surface area contributed by atoms with E-state index in [2.05, 4.69) is 5.32 Å². The molecule has 0 atom stereocenters. The van der Waals surface area contributed by atoms with Gasteiger partial charge in [0.25, 0.3) is 11.6 Å². The van der Waals surface area contributed by atoms with Crippen molar-refractivity contribution in [3.63, 3.8) is 0 Å². The standard InChI is InChI=1S/C18H17ClN2O6/c19-15-9-8-13(11-16(15)21(24)25)20-17(22)12-27-18(23)7-4-10-26-14-5-2-1-3-6-14/h1-3,5-6,8-9,11H,4,7,10,12H2,(H,20,22). The first-order chi connectivity index (χ1) is 13.0. The second-order valence-electron chi connectivity index (χ2n) is 5.40. The molecule has 0 saturated carbocycles. The van der Waals surface area contributed by atoms with E-state index < -0.39 is 23.4 Å². The van der Waals surface area contributed by atoms with Gasteiger partial charge in [-0.3, -0.25) is 19.7 Å². The molecule has 0 aromatic heterocycles. The first-order valence-corrected chi connectivity index (χ1v) is 8.41. The van der Waals surface area contributed by atoms with Gasteiger partial charge in [0, 0.05) is 18.2 Å². The van der Waals surface area contributed by atoms with Crippen molar-refractivity contribution < 1.29 is 24.0 Å². The molecule has 0 aliphatic carbocycles. The van der Waals surface area contributed by atoms with Crippen molar-refractivity contribution in [1.29, 1.82) is 0 Å². The van der Waals surface area contributed by atoms with Crippen LogP contribution in [0.2, 0.25) is 5.02 Å². The third-order valence-corrected chi connectivity index (χ3v) is 3.65. The molecule has 1 amide bonds. The molecular formula is C18H17ClN2O6. The minimum Gasteiger partial charge on any atom is -0.494 e. The number of hydrogen-bond donors (Lipinski definition) is 1. The lowest BCUT2D eigenvalue weighted by Gasteiger charge is -2.08. The summed E-state index contributed by atoms with van der Waals surface area (Å²) in [6.07, 6.45) is 0.547. The maximum absolute atomic E-state index is 11.8. The molecule has 9 heteroatoms. The summed E-state index contributed by atoms with van der Waals surface area (Å²) in [6.45, 7) is -0.144. The smallest absolute Gasteiger partial charge is 0.306 e. The van der Waals surface area contributed by atoms with E-state index in [4.69, 9.17) is 21.1 Å². The predicted molar refractivity (Wildman–Crippen MR) is 98.9 cm³/mol. The van der Waals surface area contributed by atoms with Crippen molar-refractivity contribution in [2.24, 2.45) is 0 Å². The molecule has 0 spiro atoms. The number of nitrogens with one attached hydrogen (secondary N) is 1. The number of carbonyl (C=O) groups excluding carboxylic acids is 2. The summed E-state index contributed by atoms with van der Waals surface area (Å²) in [6, 6.07) is 13.0. The number of carbonyl (C=O) groups is 2. The fourth-order valence-corrected chi connectivity index (χ4v) is 2.26. The highest BCUT2D eigenvalue weighted by atomic mass is 35.5. The Hall–Kier alpha value is -3.13. The van der Waals surface area contributed by atoms with Gasteiger partial charge in [-0.15, -0.1) is 0 Å². The largest absolute Gasteiger partial charge is 0.494 e. The summed E-state index contributed by atoms with van der Waals surface area (Å²) in [5, 5.41) is 13.2. The van der Waals surface area contributed by atoms with Gasteiger partial charge in [-0.1, -0.05) is 29.8 Å². The minimum atomic E-state index is -0.657. The van der Waals surface area contributed by atoms with Gasteiger partial charge >= 0.3 is 5.97 Å². The Bertz CT molecular complexity index is 813. The van der Waals surface area contributed by atoms with Gasteiger partial charge in [0.15, 0.2) is 6.61 Å². The maximum atomic E-state index is 11.8. The van der Waals surface area contributed by atoms with Gasteiger partial charge in [0.1, 0.15) is 10.8 Å². The molecular weight excluding hydrogens is 376 g/mol. The molecule has 0 unspecified atom stereocenters. The number of benzene rings is 2. The summed E-state index contributed by atoms with van der Waals surface area (Å²) in [7, 11) is 0. The van der Waals surface area contributed by atoms with E-state index in [1.54, 1.807) is 0 Å². The maximum Gasteiger partial charge on any atom is 0.306 e. The third-order valence-electron chi connectivity index (χ3n) is 3.33. The van der Waals surface area contributed by atoms with Gasteiger partial charge in [0.2, 0.25) is 0 Å². The number of amides is 1. The number of rotatable bonds is 9. The van der Waals surface area contributed by atoms with Crippen LogP contribution in [0.1, 0.15) is 12.8 Å². The summed E-state index contributed by atoms with van der Waals surface area (Å²) in [5.41, 5.74) is -0.145. The number of anilines is 1. The molecule has 0 bridgehead atoms. The lowest BCUT2D eigenvalue weighted by molar-refractivity contribution is -0.384. The molecule has 0 aliphatic rings. The van der Waals surface area contributed by atoms with E-state index in [1.807, 2.05) is 30.3 Å². The molecule has 2 aromatic carbocycles. The second kappa shape index (κ2) is 10.1. The van der Waals surface area contributed by atoms with Gasteiger partial charge in [-0.25, -0.2) is 0 Å². The van der Waals surface area contributed by atoms with Crippen molar-refractivity contribution in [3.05, 3.63) is 63.7 Å². The normalized spacial score (nSPS) is 10.1. The highest BCUT2D eigenvalue weighted by Crippen LogP contribution is 2.27. The molecule has 1 N–H and O–H groups in total. The Morgan fingerprint density at radius 3 is 2.59 bits per heavy atom. The lowest BCUT2D eigenvalue weighted by atomic mass is 10.3. The summed E-state index contributed by atoms with van der Waals surface area (Å²) >= 11 is 5.70. The SMILES string of the molecule is O=C(COC(=O)CCCOc1ccccc1)Nc1ccc(Cl)c([N+](=O)[O-])c1. The Morgan fingerprint density at radius 2 is 1.89 bits per heavy atom. The van der Waals surface area contributed by atoms with Crippen LogP contribution in [0.15, 0.2) is 48.5 Å². The van der Waals surface area contributed by atoms with Gasteiger partial charge in [-0.05, 0) is 30.7 Å². The summed E-state index contributed by atoms with van der Waals surface area (Å²) in [5.74, 6) is -0.438. The van der Waals surface area contributed by atoms with Gasteiger partial charge < -0.3 is 14.8 Å². The fraction of sp³-hybridized carbons (Fsp3) is 0.222. The number of esters is 1. The van der Waals surface area contributed by atoms with E-state index in [1.165, 1.54) is 12.1 Å². The van der Waals surface area contributed by atoms with E-state index in [-0.39, 0.29) is 22.8 Å². The summed E-state index contributed by atoms with van der Waals surface area (Å²) < 4.78 is 10.3. The van der Waals surface area contributed by atoms with E-state index in [0.717, 1.165) is 6.07 Å². The van der Waals surface area contributed by atoms with E-state index >= 15 is 0 Å². The van der Waals surface area contributed by atoms with Crippen molar-refractivity contribution in [2.75, 3.05) is 18.5 Å². The summed E-state index contributed by atoms with van der Waals surface area (Å²) in [4.78, 5) is 33.6. The molecule has 0 radical (unpaired) electrons. The minimum absolute atomic E-state index is 0.0397. The van der Waals surface area contributed by atoms with Crippen LogP contribution in [-0.4, -0.2) is 30.0 Å². The van der Waals surface area contributed by atoms with Gasteiger partial charge in [-0.2, -0.15) is 0 Å². The molecule has 0 saturated heterocycles. The number of para-hydroxylation sites is 1. The van der Waals surface area contributed by atoms with Crippen molar-refractivity contribution in [2.45, 2.75) is 12.8 Å². The third kappa shape index (κ3) is 6.95. The first-order valence-electron chi connectivity index (χ1n) is 8.03. The predicted octanol–water partition coefficient (Wildman–Crippen LogP) is 3.59. The first kappa shape index (κ1) is 20.2.